The molecule has 7 heteroatoms. The van der Waals surface area contributed by atoms with Crippen LogP contribution in [0, 0.1) is 0 Å². The van der Waals surface area contributed by atoms with E-state index in [0.29, 0.717) is 35.6 Å². The number of hydrogen-bond donors (Lipinski definition) is 1. The first-order chi connectivity index (χ1) is 13.9. The summed E-state index contributed by atoms with van der Waals surface area (Å²) in [5.74, 6) is -0.495. The summed E-state index contributed by atoms with van der Waals surface area (Å²) in [6.45, 7) is 2.32. The van der Waals surface area contributed by atoms with Crippen molar-refractivity contribution in [2.75, 3.05) is 20.8 Å². The number of ketones is 1. The Hall–Kier alpha value is -2.80. The fourth-order valence-electron chi connectivity index (χ4n) is 3.48. The van der Waals surface area contributed by atoms with Crippen LogP contribution in [0.3, 0.4) is 0 Å². The van der Waals surface area contributed by atoms with Crippen molar-refractivity contribution in [3.8, 4) is 11.5 Å². The van der Waals surface area contributed by atoms with Crippen molar-refractivity contribution in [2.45, 2.75) is 19.4 Å². The van der Waals surface area contributed by atoms with Crippen LogP contribution in [-0.2, 0) is 9.59 Å². The van der Waals surface area contributed by atoms with Crippen LogP contribution >= 0.6 is 15.9 Å². The lowest BCUT2D eigenvalue weighted by Gasteiger charge is -2.25. The number of rotatable bonds is 6. The van der Waals surface area contributed by atoms with E-state index in [4.69, 9.17) is 9.47 Å². The Morgan fingerprint density at radius 2 is 1.72 bits per heavy atom. The minimum atomic E-state index is -0.710. The number of likely N-dealkylation sites (tertiary alicyclic amines) is 1. The molecule has 0 aliphatic carbocycles. The summed E-state index contributed by atoms with van der Waals surface area (Å²) in [4.78, 5) is 27.1. The van der Waals surface area contributed by atoms with Gasteiger partial charge in [0.1, 0.15) is 5.76 Å². The Bertz CT molecular complexity index is 968. The summed E-state index contributed by atoms with van der Waals surface area (Å²) in [6, 6.07) is 11.4. The van der Waals surface area contributed by atoms with E-state index in [9.17, 15) is 14.7 Å². The van der Waals surface area contributed by atoms with Gasteiger partial charge in [-0.2, -0.15) is 0 Å². The van der Waals surface area contributed by atoms with Gasteiger partial charge in [0.05, 0.1) is 25.8 Å². The van der Waals surface area contributed by atoms with Crippen molar-refractivity contribution < 1.29 is 24.2 Å². The van der Waals surface area contributed by atoms with Crippen molar-refractivity contribution in [1.82, 2.24) is 4.90 Å². The normalized spacial score (nSPS) is 18.2. The highest BCUT2D eigenvalue weighted by Crippen LogP contribution is 2.42. The van der Waals surface area contributed by atoms with Gasteiger partial charge >= 0.3 is 0 Å². The maximum atomic E-state index is 12.9. The monoisotopic (exact) mass is 459 g/mol. The number of methoxy groups -OCH3 is 2. The fraction of sp³-hybridized carbons (Fsp3) is 0.273. The van der Waals surface area contributed by atoms with Crippen molar-refractivity contribution in [3.05, 3.63) is 63.6 Å². The molecule has 1 atom stereocenters. The van der Waals surface area contributed by atoms with E-state index in [0.717, 1.165) is 4.47 Å². The molecule has 3 rings (SSSR count). The number of aliphatic hydroxyl groups excluding tert-OH is 1. The molecule has 152 valence electrons. The standard InChI is InChI=1S/C22H22BrNO5/c1-4-11-24-19(14-7-10-16(28-2)17(12-14)29-3)18(21(26)22(24)27)20(25)13-5-8-15(23)9-6-13/h5-10,12,19,25H,4,11H2,1-3H3/b20-18-. The summed E-state index contributed by atoms with van der Waals surface area (Å²) in [5, 5.41) is 11.0. The summed E-state index contributed by atoms with van der Waals surface area (Å²) < 4.78 is 11.5. The number of benzene rings is 2. The van der Waals surface area contributed by atoms with E-state index in [-0.39, 0.29) is 11.3 Å². The predicted molar refractivity (Wildman–Crippen MR) is 113 cm³/mol. The number of amides is 1. The average Bonchev–Trinajstić information content (AvgIpc) is 2.98. The molecule has 1 aliphatic rings. The zero-order valence-electron chi connectivity index (χ0n) is 16.4. The number of aliphatic hydroxyl groups is 1. The first-order valence-corrected chi connectivity index (χ1v) is 9.98. The minimum Gasteiger partial charge on any atom is -0.507 e. The first-order valence-electron chi connectivity index (χ1n) is 9.19. The van der Waals surface area contributed by atoms with Gasteiger partial charge in [0.25, 0.3) is 11.7 Å². The molecule has 0 aromatic heterocycles. The van der Waals surface area contributed by atoms with Gasteiger partial charge in [0.2, 0.25) is 0 Å². The van der Waals surface area contributed by atoms with E-state index in [1.807, 2.05) is 6.92 Å². The van der Waals surface area contributed by atoms with E-state index < -0.39 is 17.7 Å². The number of Topliss-reactive ketones (excluding diaryl/α,β-unsaturated/α-hetero) is 1. The molecule has 1 fully saturated rings. The summed E-state index contributed by atoms with van der Waals surface area (Å²) in [7, 11) is 3.06. The zero-order chi connectivity index (χ0) is 21.1. The molecule has 1 unspecified atom stereocenters. The van der Waals surface area contributed by atoms with Gasteiger partial charge in [-0.3, -0.25) is 9.59 Å². The highest BCUT2D eigenvalue weighted by molar-refractivity contribution is 9.10. The lowest BCUT2D eigenvalue weighted by molar-refractivity contribution is -0.139. The van der Waals surface area contributed by atoms with Crippen LogP contribution in [-0.4, -0.2) is 42.5 Å². The highest BCUT2D eigenvalue weighted by Gasteiger charge is 2.45. The second kappa shape index (κ2) is 8.69. The minimum absolute atomic E-state index is 0.0676. The van der Waals surface area contributed by atoms with Gasteiger partial charge in [-0.25, -0.2) is 0 Å². The van der Waals surface area contributed by atoms with E-state index >= 15 is 0 Å². The Balaban J connectivity index is 2.20. The van der Waals surface area contributed by atoms with Crippen LogP contribution in [0.2, 0.25) is 0 Å². The van der Waals surface area contributed by atoms with Gasteiger partial charge in [0, 0.05) is 16.6 Å². The van der Waals surface area contributed by atoms with Gasteiger partial charge in [-0.1, -0.05) is 41.1 Å². The maximum absolute atomic E-state index is 12.9. The van der Waals surface area contributed by atoms with Crippen LogP contribution in [0.15, 0.2) is 52.5 Å². The van der Waals surface area contributed by atoms with E-state index in [2.05, 4.69) is 15.9 Å². The molecule has 0 saturated carbocycles. The highest BCUT2D eigenvalue weighted by atomic mass is 79.9. The van der Waals surface area contributed by atoms with Gasteiger partial charge in [-0.15, -0.1) is 0 Å². The van der Waals surface area contributed by atoms with Crippen LogP contribution in [0.5, 0.6) is 11.5 Å². The second-order valence-corrected chi connectivity index (χ2v) is 7.53. The Morgan fingerprint density at radius 3 is 2.31 bits per heavy atom. The van der Waals surface area contributed by atoms with E-state index in [1.54, 1.807) is 42.5 Å². The number of ether oxygens (including phenoxy) is 2. The van der Waals surface area contributed by atoms with Crippen LogP contribution in [0.1, 0.15) is 30.5 Å². The van der Waals surface area contributed by atoms with Crippen LogP contribution in [0.25, 0.3) is 5.76 Å². The lowest BCUT2D eigenvalue weighted by Crippen LogP contribution is -2.30. The van der Waals surface area contributed by atoms with Crippen molar-refractivity contribution in [3.63, 3.8) is 0 Å². The third-order valence-corrected chi connectivity index (χ3v) is 5.37. The number of carbonyl (C=O) groups is 2. The molecule has 0 spiro atoms. The molecular weight excluding hydrogens is 438 g/mol. The predicted octanol–water partition coefficient (Wildman–Crippen LogP) is 4.30. The fourth-order valence-corrected chi connectivity index (χ4v) is 3.75. The molecule has 1 N–H and O–H groups in total. The second-order valence-electron chi connectivity index (χ2n) is 6.61. The summed E-state index contributed by atoms with van der Waals surface area (Å²) in [5.41, 5.74) is 1.19. The molecule has 2 aromatic carbocycles. The van der Waals surface area contributed by atoms with Crippen molar-refractivity contribution in [2.24, 2.45) is 0 Å². The number of nitrogens with zero attached hydrogens (tertiary/aromatic N) is 1. The lowest BCUT2D eigenvalue weighted by atomic mass is 9.95. The average molecular weight is 460 g/mol. The number of hydrogen-bond acceptors (Lipinski definition) is 5. The first kappa shape index (κ1) is 20.9. The third-order valence-electron chi connectivity index (χ3n) is 4.85. The van der Waals surface area contributed by atoms with E-state index in [1.165, 1.54) is 19.1 Å². The third kappa shape index (κ3) is 3.87. The molecule has 0 bridgehead atoms. The Kier molecular flexibility index (Phi) is 6.27. The molecule has 1 heterocycles. The number of halogens is 1. The topological polar surface area (TPSA) is 76.1 Å². The van der Waals surface area contributed by atoms with Crippen molar-refractivity contribution >= 4 is 33.4 Å². The maximum Gasteiger partial charge on any atom is 0.295 e. The molecular formula is C22H22BrNO5. The quantitative estimate of drug-likeness (QED) is 0.395. The van der Waals surface area contributed by atoms with Gasteiger partial charge in [0.15, 0.2) is 11.5 Å². The summed E-state index contributed by atoms with van der Waals surface area (Å²) in [6.07, 6.45) is 0.676. The van der Waals surface area contributed by atoms with Gasteiger partial charge < -0.3 is 19.5 Å². The molecule has 29 heavy (non-hydrogen) atoms. The molecule has 1 aliphatic heterocycles. The SMILES string of the molecule is CCCN1C(=O)C(=O)/C(=C(\O)c2ccc(Br)cc2)C1c1ccc(OC)c(OC)c1. The van der Waals surface area contributed by atoms with Crippen LogP contribution < -0.4 is 9.47 Å². The molecule has 1 saturated heterocycles. The van der Waals surface area contributed by atoms with Crippen LogP contribution in [0.4, 0.5) is 0 Å². The Labute approximate surface area is 177 Å². The molecule has 2 aromatic rings. The smallest absolute Gasteiger partial charge is 0.295 e. The Morgan fingerprint density at radius 1 is 1.07 bits per heavy atom. The molecule has 0 radical (unpaired) electrons. The molecule has 6 nitrogen and oxygen atoms in total. The van der Waals surface area contributed by atoms with Crippen molar-refractivity contribution in [1.29, 1.82) is 0 Å². The largest absolute Gasteiger partial charge is 0.507 e. The zero-order valence-corrected chi connectivity index (χ0v) is 18.0. The number of carbonyl (C=O) groups excluding carboxylic acids is 2. The summed E-state index contributed by atoms with van der Waals surface area (Å²) >= 11 is 3.35. The molecule has 1 amide bonds. The van der Waals surface area contributed by atoms with Gasteiger partial charge in [-0.05, 0) is 36.2 Å².